The van der Waals surface area contributed by atoms with Crippen molar-refractivity contribution < 1.29 is 14.3 Å². The number of likely N-dealkylation sites (tertiary alicyclic amines) is 1. The number of amides is 2. The van der Waals surface area contributed by atoms with Crippen molar-refractivity contribution in [3.05, 3.63) is 65.7 Å². The minimum atomic E-state index is -0.00987. The summed E-state index contributed by atoms with van der Waals surface area (Å²) >= 11 is 0. The van der Waals surface area contributed by atoms with Gasteiger partial charge in [0.25, 0.3) is 0 Å². The highest BCUT2D eigenvalue weighted by Crippen LogP contribution is 2.20. The minimum Gasteiger partial charge on any atom is -0.382 e. The summed E-state index contributed by atoms with van der Waals surface area (Å²) in [4.78, 5) is 27.2. The number of carbonyl (C=O) groups is 2. The number of nitrogens with zero attached hydrogens (tertiary/aromatic N) is 1. The number of para-hydroxylation sites is 1. The van der Waals surface area contributed by atoms with Crippen LogP contribution in [-0.4, -0.2) is 56.1 Å². The van der Waals surface area contributed by atoms with E-state index in [2.05, 4.69) is 33.7 Å². The number of nitrogens with one attached hydrogen (secondary N) is 2. The number of hydrogen-bond acceptors (Lipinski definition) is 4. The molecule has 0 spiro atoms. The second kappa shape index (κ2) is 13.0. The Kier molecular flexibility index (Phi) is 9.72. The fourth-order valence-corrected chi connectivity index (χ4v) is 4.03. The zero-order valence-electron chi connectivity index (χ0n) is 19.0. The van der Waals surface area contributed by atoms with Crippen LogP contribution < -0.4 is 10.6 Å². The lowest BCUT2D eigenvalue weighted by molar-refractivity contribution is -0.126. The highest BCUT2D eigenvalue weighted by atomic mass is 16.5. The van der Waals surface area contributed by atoms with Gasteiger partial charge in [-0.3, -0.25) is 14.5 Å². The monoisotopic (exact) mass is 437 g/mol. The Morgan fingerprint density at radius 1 is 1.03 bits per heavy atom. The molecule has 1 fully saturated rings. The second-order valence-electron chi connectivity index (χ2n) is 8.26. The molecule has 0 saturated carbocycles. The number of anilines is 1. The number of ether oxygens (including phenoxy) is 1. The summed E-state index contributed by atoms with van der Waals surface area (Å²) in [5.41, 5.74) is 3.18. The summed E-state index contributed by atoms with van der Waals surface area (Å²) in [5.74, 6) is 0.151. The van der Waals surface area contributed by atoms with Gasteiger partial charge in [-0.15, -0.1) is 0 Å². The molecular formula is C26H35N3O3. The number of hydrogen-bond donors (Lipinski definition) is 2. The Bertz CT molecular complexity index is 848. The largest absolute Gasteiger partial charge is 0.382 e. The third kappa shape index (κ3) is 7.77. The number of benzene rings is 2. The Balaban J connectivity index is 1.42. The summed E-state index contributed by atoms with van der Waals surface area (Å²) in [7, 11) is 0. The van der Waals surface area contributed by atoms with Crippen molar-refractivity contribution in [2.45, 2.75) is 32.6 Å². The number of rotatable bonds is 11. The minimum absolute atomic E-state index is 0.00987. The summed E-state index contributed by atoms with van der Waals surface area (Å²) < 4.78 is 5.30. The van der Waals surface area contributed by atoms with Gasteiger partial charge in [0.1, 0.15) is 0 Å². The lowest BCUT2D eigenvalue weighted by Crippen LogP contribution is -2.43. The zero-order chi connectivity index (χ0) is 22.6. The molecular weight excluding hydrogens is 402 g/mol. The Labute approximate surface area is 191 Å². The SMILES string of the molecule is CCOCCCNC(=O)C1CCN(CC(=O)Nc2ccccc2Cc2ccccc2)CC1. The first kappa shape index (κ1) is 24.0. The van der Waals surface area contributed by atoms with Crippen molar-refractivity contribution >= 4 is 17.5 Å². The molecule has 0 aromatic heterocycles. The molecule has 3 rings (SSSR count). The van der Waals surface area contributed by atoms with Gasteiger partial charge in [0.05, 0.1) is 6.54 Å². The van der Waals surface area contributed by atoms with Gasteiger partial charge in [0.15, 0.2) is 0 Å². The van der Waals surface area contributed by atoms with Gasteiger partial charge >= 0.3 is 0 Å². The van der Waals surface area contributed by atoms with Gasteiger partial charge in [-0.1, -0.05) is 48.5 Å². The third-order valence-electron chi connectivity index (χ3n) is 5.82. The summed E-state index contributed by atoms with van der Waals surface area (Å²) in [6.45, 7) is 5.88. The molecule has 1 aliphatic rings. The molecule has 6 nitrogen and oxygen atoms in total. The molecule has 32 heavy (non-hydrogen) atoms. The summed E-state index contributed by atoms with van der Waals surface area (Å²) in [6, 6.07) is 18.2. The van der Waals surface area contributed by atoms with Gasteiger partial charge in [-0.05, 0) is 62.9 Å². The van der Waals surface area contributed by atoms with E-state index < -0.39 is 0 Å². The highest BCUT2D eigenvalue weighted by molar-refractivity contribution is 5.93. The average molecular weight is 438 g/mol. The fraction of sp³-hybridized carbons (Fsp3) is 0.462. The Hall–Kier alpha value is -2.70. The second-order valence-corrected chi connectivity index (χ2v) is 8.26. The van der Waals surface area contributed by atoms with Crippen LogP contribution in [0.1, 0.15) is 37.3 Å². The van der Waals surface area contributed by atoms with E-state index in [1.54, 1.807) is 0 Å². The van der Waals surface area contributed by atoms with Gasteiger partial charge in [-0.25, -0.2) is 0 Å². The molecule has 2 N–H and O–H groups in total. The van der Waals surface area contributed by atoms with E-state index >= 15 is 0 Å². The van der Waals surface area contributed by atoms with E-state index in [-0.39, 0.29) is 17.7 Å². The first-order valence-electron chi connectivity index (χ1n) is 11.6. The van der Waals surface area contributed by atoms with E-state index in [1.807, 2.05) is 43.3 Å². The van der Waals surface area contributed by atoms with E-state index in [0.717, 1.165) is 50.0 Å². The van der Waals surface area contributed by atoms with E-state index in [1.165, 1.54) is 5.56 Å². The van der Waals surface area contributed by atoms with Crippen LogP contribution in [0.5, 0.6) is 0 Å². The van der Waals surface area contributed by atoms with Gasteiger partial charge in [-0.2, -0.15) is 0 Å². The molecule has 0 bridgehead atoms. The van der Waals surface area contributed by atoms with Crippen LogP contribution in [0.25, 0.3) is 0 Å². The number of piperidine rings is 1. The maximum absolute atomic E-state index is 12.7. The molecule has 0 atom stereocenters. The molecule has 1 saturated heterocycles. The molecule has 2 aromatic rings. The zero-order valence-corrected chi connectivity index (χ0v) is 19.0. The third-order valence-corrected chi connectivity index (χ3v) is 5.82. The quantitative estimate of drug-likeness (QED) is 0.528. The Morgan fingerprint density at radius 3 is 2.50 bits per heavy atom. The molecule has 2 amide bonds. The molecule has 0 aliphatic carbocycles. The van der Waals surface area contributed by atoms with E-state index in [0.29, 0.717) is 26.3 Å². The van der Waals surface area contributed by atoms with Crippen molar-refractivity contribution in [1.82, 2.24) is 10.2 Å². The lowest BCUT2D eigenvalue weighted by Gasteiger charge is -2.30. The van der Waals surface area contributed by atoms with Gasteiger partial charge < -0.3 is 15.4 Å². The molecule has 0 radical (unpaired) electrons. The average Bonchev–Trinajstić information content (AvgIpc) is 2.81. The van der Waals surface area contributed by atoms with Crippen LogP contribution in [-0.2, 0) is 20.7 Å². The molecule has 1 aliphatic heterocycles. The van der Waals surface area contributed by atoms with Gasteiger partial charge in [0, 0.05) is 31.4 Å². The van der Waals surface area contributed by atoms with Crippen LogP contribution >= 0.6 is 0 Å². The smallest absolute Gasteiger partial charge is 0.238 e. The first-order chi connectivity index (χ1) is 15.7. The van der Waals surface area contributed by atoms with Gasteiger partial charge in [0.2, 0.25) is 11.8 Å². The van der Waals surface area contributed by atoms with Crippen molar-refractivity contribution in [2.24, 2.45) is 5.92 Å². The number of carbonyl (C=O) groups excluding carboxylic acids is 2. The molecule has 6 heteroatoms. The maximum Gasteiger partial charge on any atom is 0.238 e. The van der Waals surface area contributed by atoms with E-state index in [9.17, 15) is 9.59 Å². The summed E-state index contributed by atoms with van der Waals surface area (Å²) in [6.07, 6.45) is 3.19. The van der Waals surface area contributed by atoms with Crippen LogP contribution in [0.15, 0.2) is 54.6 Å². The molecule has 2 aromatic carbocycles. The van der Waals surface area contributed by atoms with Crippen molar-refractivity contribution in [3.63, 3.8) is 0 Å². The normalized spacial score (nSPS) is 14.8. The van der Waals surface area contributed by atoms with Crippen molar-refractivity contribution in [1.29, 1.82) is 0 Å². The predicted octanol–water partition coefficient (Wildman–Crippen LogP) is 3.47. The maximum atomic E-state index is 12.7. The molecule has 172 valence electrons. The van der Waals surface area contributed by atoms with Crippen molar-refractivity contribution in [2.75, 3.05) is 44.7 Å². The van der Waals surface area contributed by atoms with Crippen LogP contribution in [0, 0.1) is 5.92 Å². The van der Waals surface area contributed by atoms with Crippen LogP contribution in [0.2, 0.25) is 0 Å². The van der Waals surface area contributed by atoms with Crippen LogP contribution in [0.3, 0.4) is 0 Å². The fourth-order valence-electron chi connectivity index (χ4n) is 4.03. The topological polar surface area (TPSA) is 70.7 Å². The lowest BCUT2D eigenvalue weighted by atomic mass is 9.96. The first-order valence-corrected chi connectivity index (χ1v) is 11.6. The van der Waals surface area contributed by atoms with Crippen LogP contribution in [0.4, 0.5) is 5.69 Å². The van der Waals surface area contributed by atoms with E-state index in [4.69, 9.17) is 4.74 Å². The highest BCUT2D eigenvalue weighted by Gasteiger charge is 2.25. The van der Waals surface area contributed by atoms with Crippen molar-refractivity contribution in [3.8, 4) is 0 Å². The molecule has 1 heterocycles. The standard InChI is InChI=1S/C26H35N3O3/c1-2-32-18-8-15-27-26(31)22-13-16-29(17-14-22)20-25(30)28-24-12-7-6-11-23(24)19-21-9-4-3-5-10-21/h3-7,9-12,22H,2,8,13-20H2,1H3,(H,27,31)(H,28,30). The summed E-state index contributed by atoms with van der Waals surface area (Å²) in [5, 5.41) is 6.09. The Morgan fingerprint density at radius 2 is 1.75 bits per heavy atom. The predicted molar refractivity (Wildman–Crippen MR) is 128 cm³/mol. The molecule has 0 unspecified atom stereocenters.